The Kier molecular flexibility index (Phi) is 3.14. The van der Waals surface area contributed by atoms with Crippen LogP contribution in [-0.4, -0.2) is 22.1 Å². The standard InChI is InChI=1S/C14H14BrN3O/c1-2-18-13(11(15)8-17-18)14(19)10-7-16-12-6-4-3-5-9(10)12/h3-6,8,10,16H,2,7H2,1H3. The second-order valence-corrected chi connectivity index (χ2v) is 5.40. The van der Waals surface area contributed by atoms with Crippen molar-refractivity contribution >= 4 is 27.4 Å². The van der Waals surface area contributed by atoms with Crippen molar-refractivity contribution in [2.24, 2.45) is 0 Å². The Bertz CT molecular complexity index is 635. The molecule has 0 spiro atoms. The molecule has 0 fully saturated rings. The number of ketones is 1. The Morgan fingerprint density at radius 2 is 2.32 bits per heavy atom. The van der Waals surface area contributed by atoms with E-state index >= 15 is 0 Å². The van der Waals surface area contributed by atoms with E-state index in [1.54, 1.807) is 10.9 Å². The largest absolute Gasteiger partial charge is 0.384 e. The number of anilines is 1. The van der Waals surface area contributed by atoms with Crippen molar-refractivity contribution in [1.82, 2.24) is 9.78 Å². The molecule has 0 aliphatic carbocycles. The third kappa shape index (κ3) is 1.98. The minimum Gasteiger partial charge on any atom is -0.384 e. The van der Waals surface area contributed by atoms with Gasteiger partial charge in [-0.25, -0.2) is 0 Å². The Morgan fingerprint density at radius 1 is 1.53 bits per heavy atom. The monoisotopic (exact) mass is 319 g/mol. The van der Waals surface area contributed by atoms with Crippen LogP contribution in [-0.2, 0) is 6.54 Å². The molecule has 1 aromatic heterocycles. The highest BCUT2D eigenvalue weighted by Crippen LogP contribution is 2.34. The van der Waals surface area contributed by atoms with Gasteiger partial charge >= 0.3 is 0 Å². The molecule has 2 heterocycles. The molecule has 1 atom stereocenters. The van der Waals surface area contributed by atoms with Gasteiger partial charge in [-0.15, -0.1) is 0 Å². The number of fused-ring (bicyclic) bond motifs is 1. The maximum absolute atomic E-state index is 12.7. The summed E-state index contributed by atoms with van der Waals surface area (Å²) in [6, 6.07) is 7.97. The Labute approximate surface area is 119 Å². The fourth-order valence-electron chi connectivity index (χ4n) is 2.53. The van der Waals surface area contributed by atoms with Crippen molar-refractivity contribution < 1.29 is 4.79 Å². The minimum absolute atomic E-state index is 0.115. The molecule has 1 N–H and O–H groups in total. The number of halogens is 1. The molecule has 98 valence electrons. The van der Waals surface area contributed by atoms with E-state index in [1.165, 1.54) is 0 Å². The Hall–Kier alpha value is -1.62. The Morgan fingerprint density at radius 3 is 3.11 bits per heavy atom. The lowest BCUT2D eigenvalue weighted by Gasteiger charge is -2.11. The molecule has 0 amide bonds. The molecule has 5 heteroatoms. The summed E-state index contributed by atoms with van der Waals surface area (Å²) < 4.78 is 2.51. The van der Waals surface area contributed by atoms with E-state index in [0.29, 0.717) is 18.8 Å². The van der Waals surface area contributed by atoms with Crippen LogP contribution in [0.5, 0.6) is 0 Å². The van der Waals surface area contributed by atoms with E-state index in [4.69, 9.17) is 0 Å². The van der Waals surface area contributed by atoms with Crippen molar-refractivity contribution in [2.45, 2.75) is 19.4 Å². The maximum Gasteiger partial charge on any atom is 0.191 e. The van der Waals surface area contributed by atoms with Crippen LogP contribution in [0.1, 0.15) is 28.9 Å². The van der Waals surface area contributed by atoms with Crippen LogP contribution in [0.2, 0.25) is 0 Å². The molecule has 19 heavy (non-hydrogen) atoms. The lowest BCUT2D eigenvalue weighted by Crippen LogP contribution is -2.19. The number of aromatic nitrogens is 2. The summed E-state index contributed by atoms with van der Waals surface area (Å²) in [5.74, 6) is -0.0156. The SMILES string of the molecule is CCn1ncc(Br)c1C(=O)C1CNc2ccccc21. The van der Waals surface area contributed by atoms with Crippen molar-refractivity contribution in [3.63, 3.8) is 0 Å². The van der Waals surface area contributed by atoms with E-state index < -0.39 is 0 Å². The predicted molar refractivity (Wildman–Crippen MR) is 77.6 cm³/mol. The zero-order valence-electron chi connectivity index (χ0n) is 10.6. The predicted octanol–water partition coefficient (Wildman–Crippen LogP) is 3.06. The van der Waals surface area contributed by atoms with Crippen molar-refractivity contribution in [2.75, 3.05) is 11.9 Å². The smallest absolute Gasteiger partial charge is 0.191 e. The molecule has 1 aliphatic rings. The number of para-hydroxylation sites is 1. The van der Waals surface area contributed by atoms with Crippen LogP contribution in [0.3, 0.4) is 0 Å². The van der Waals surface area contributed by atoms with Crippen LogP contribution in [0.25, 0.3) is 0 Å². The lowest BCUT2D eigenvalue weighted by atomic mass is 9.95. The van der Waals surface area contributed by atoms with Gasteiger partial charge in [0.05, 0.1) is 16.6 Å². The first-order chi connectivity index (χ1) is 9.22. The second-order valence-electron chi connectivity index (χ2n) is 4.54. The van der Waals surface area contributed by atoms with E-state index in [9.17, 15) is 4.79 Å². The van der Waals surface area contributed by atoms with Crippen LogP contribution >= 0.6 is 15.9 Å². The first-order valence-corrected chi connectivity index (χ1v) is 7.10. The summed E-state index contributed by atoms with van der Waals surface area (Å²) in [4.78, 5) is 12.7. The van der Waals surface area contributed by atoms with Crippen molar-refractivity contribution in [3.05, 3.63) is 46.2 Å². The van der Waals surface area contributed by atoms with Gasteiger partial charge in [0.25, 0.3) is 0 Å². The number of aryl methyl sites for hydroxylation is 1. The Balaban J connectivity index is 2.00. The lowest BCUT2D eigenvalue weighted by molar-refractivity contribution is 0.0955. The second kappa shape index (κ2) is 4.81. The maximum atomic E-state index is 12.7. The van der Waals surface area contributed by atoms with Crippen LogP contribution in [0.4, 0.5) is 5.69 Å². The average molecular weight is 320 g/mol. The summed E-state index contributed by atoms with van der Waals surface area (Å²) in [5, 5.41) is 7.50. The average Bonchev–Trinajstić information content (AvgIpc) is 3.01. The highest BCUT2D eigenvalue weighted by atomic mass is 79.9. The number of hydrogen-bond donors (Lipinski definition) is 1. The van der Waals surface area contributed by atoms with Gasteiger partial charge in [0, 0.05) is 18.8 Å². The number of hydrogen-bond acceptors (Lipinski definition) is 3. The fraction of sp³-hybridized carbons (Fsp3) is 0.286. The van der Waals surface area contributed by atoms with Crippen molar-refractivity contribution in [3.8, 4) is 0 Å². The number of carbonyl (C=O) groups is 1. The van der Waals surface area contributed by atoms with Gasteiger partial charge in [-0.1, -0.05) is 18.2 Å². The number of Topliss-reactive ketones (excluding diaryl/α,β-unsaturated/α-hetero) is 1. The summed E-state index contributed by atoms with van der Waals surface area (Å²) >= 11 is 3.42. The van der Waals surface area contributed by atoms with Gasteiger partial charge in [0.2, 0.25) is 0 Å². The topological polar surface area (TPSA) is 46.9 Å². The summed E-state index contributed by atoms with van der Waals surface area (Å²) in [6.07, 6.45) is 1.69. The molecule has 1 aromatic carbocycles. The van der Waals surface area contributed by atoms with Crippen LogP contribution in [0, 0.1) is 0 Å². The highest BCUT2D eigenvalue weighted by molar-refractivity contribution is 9.10. The van der Waals surface area contributed by atoms with Crippen molar-refractivity contribution in [1.29, 1.82) is 0 Å². The first-order valence-electron chi connectivity index (χ1n) is 6.30. The number of benzene rings is 1. The van der Waals surface area contributed by atoms with E-state index in [2.05, 4.69) is 26.3 Å². The molecule has 3 rings (SSSR count). The number of nitrogens with one attached hydrogen (secondary N) is 1. The van der Waals surface area contributed by atoms with Gasteiger partial charge in [-0.05, 0) is 34.5 Å². The molecule has 1 aliphatic heterocycles. The first kappa shape index (κ1) is 12.4. The minimum atomic E-state index is -0.130. The quantitative estimate of drug-likeness (QED) is 0.884. The van der Waals surface area contributed by atoms with Gasteiger partial charge in [-0.2, -0.15) is 5.10 Å². The molecule has 0 saturated carbocycles. The number of nitrogens with zero attached hydrogens (tertiary/aromatic N) is 2. The molecule has 0 saturated heterocycles. The van der Waals surface area contributed by atoms with Gasteiger partial charge in [-0.3, -0.25) is 9.48 Å². The summed E-state index contributed by atoms with van der Waals surface area (Å²) in [5.41, 5.74) is 2.79. The number of rotatable bonds is 3. The molecule has 0 bridgehead atoms. The van der Waals surface area contributed by atoms with E-state index in [1.807, 2.05) is 31.2 Å². The molecule has 1 unspecified atom stereocenters. The van der Waals surface area contributed by atoms with Crippen LogP contribution in [0.15, 0.2) is 34.9 Å². The molecule has 2 aromatic rings. The fourth-order valence-corrected chi connectivity index (χ4v) is 3.02. The zero-order chi connectivity index (χ0) is 13.4. The van der Waals surface area contributed by atoms with Crippen LogP contribution < -0.4 is 5.32 Å². The summed E-state index contributed by atoms with van der Waals surface area (Å²) in [7, 11) is 0. The van der Waals surface area contributed by atoms with Gasteiger partial charge in [0.15, 0.2) is 5.78 Å². The van der Waals surface area contributed by atoms with E-state index in [-0.39, 0.29) is 11.7 Å². The highest BCUT2D eigenvalue weighted by Gasteiger charge is 2.31. The van der Waals surface area contributed by atoms with E-state index in [0.717, 1.165) is 15.7 Å². The molecular formula is C14H14BrN3O. The third-order valence-electron chi connectivity index (χ3n) is 3.48. The number of carbonyl (C=O) groups excluding carboxylic acids is 1. The van der Waals surface area contributed by atoms with Gasteiger partial charge < -0.3 is 5.32 Å². The molecule has 4 nitrogen and oxygen atoms in total. The molecule has 0 radical (unpaired) electrons. The zero-order valence-corrected chi connectivity index (χ0v) is 12.1. The van der Waals surface area contributed by atoms with Gasteiger partial charge in [0.1, 0.15) is 5.69 Å². The summed E-state index contributed by atoms with van der Waals surface area (Å²) in [6.45, 7) is 3.32. The normalized spacial score (nSPS) is 17.1. The third-order valence-corrected chi connectivity index (χ3v) is 4.06. The molecular weight excluding hydrogens is 306 g/mol.